The lowest BCUT2D eigenvalue weighted by Crippen LogP contribution is -2.49. The van der Waals surface area contributed by atoms with Crippen LogP contribution in [0.15, 0.2) is 66.7 Å². The van der Waals surface area contributed by atoms with Crippen molar-refractivity contribution in [3.05, 3.63) is 77.9 Å². The van der Waals surface area contributed by atoms with Crippen molar-refractivity contribution >= 4 is 23.3 Å². The molecule has 1 heterocycles. The van der Waals surface area contributed by atoms with Gasteiger partial charge >= 0.3 is 6.03 Å². The first-order valence-corrected chi connectivity index (χ1v) is 11.3. The smallest absolute Gasteiger partial charge is 0.324 e. The number of ether oxygens (including phenoxy) is 3. The first kappa shape index (κ1) is 23.9. The number of hydrogen-bond donors (Lipinski definition) is 1. The van der Waals surface area contributed by atoms with E-state index in [-0.39, 0.29) is 11.9 Å². The molecule has 0 aliphatic carbocycles. The van der Waals surface area contributed by atoms with Crippen LogP contribution >= 0.6 is 0 Å². The molecule has 0 unspecified atom stereocenters. The number of urea groups is 1. The lowest BCUT2D eigenvalue weighted by Gasteiger charge is -2.35. The molecule has 3 aromatic rings. The number of amides is 3. The summed E-state index contributed by atoms with van der Waals surface area (Å²) in [4.78, 5) is 29.5. The first-order valence-electron chi connectivity index (χ1n) is 11.3. The number of carbonyl (C=O) groups is 2. The van der Waals surface area contributed by atoms with Gasteiger partial charge in [-0.25, -0.2) is 4.79 Å². The molecule has 1 aliphatic rings. The fraction of sp³-hybridized carbons (Fsp3) is 0.259. The molecule has 0 bridgehead atoms. The second-order valence-corrected chi connectivity index (χ2v) is 8.13. The molecule has 1 aliphatic heterocycles. The predicted molar refractivity (Wildman–Crippen MR) is 135 cm³/mol. The summed E-state index contributed by atoms with van der Waals surface area (Å²) in [5, 5.41) is 2.88. The van der Waals surface area contributed by atoms with Crippen molar-refractivity contribution in [2.24, 2.45) is 0 Å². The molecule has 35 heavy (non-hydrogen) atoms. The van der Waals surface area contributed by atoms with Crippen molar-refractivity contribution in [2.75, 3.05) is 44.6 Å². The molecule has 0 spiro atoms. The van der Waals surface area contributed by atoms with Crippen LogP contribution in [0.25, 0.3) is 0 Å². The SMILES string of the molecule is COc1cccc(CN2CCCN(c3ccc(NC(=O)c4ccc(OC)c(OC)c4)cc3)C2=O)c1. The van der Waals surface area contributed by atoms with E-state index in [4.69, 9.17) is 14.2 Å². The Balaban J connectivity index is 1.42. The number of benzene rings is 3. The minimum absolute atomic E-state index is 0.0406. The van der Waals surface area contributed by atoms with Gasteiger partial charge in [0, 0.05) is 36.6 Å². The molecule has 1 fully saturated rings. The number of nitrogens with one attached hydrogen (secondary N) is 1. The van der Waals surface area contributed by atoms with E-state index in [0.717, 1.165) is 23.4 Å². The van der Waals surface area contributed by atoms with Gasteiger partial charge in [0.05, 0.1) is 21.3 Å². The van der Waals surface area contributed by atoms with Crippen molar-refractivity contribution in [1.82, 2.24) is 4.90 Å². The van der Waals surface area contributed by atoms with E-state index in [0.29, 0.717) is 42.4 Å². The lowest BCUT2D eigenvalue weighted by molar-refractivity contribution is 0.102. The highest BCUT2D eigenvalue weighted by molar-refractivity contribution is 6.05. The minimum Gasteiger partial charge on any atom is -0.497 e. The largest absolute Gasteiger partial charge is 0.497 e. The third kappa shape index (κ3) is 5.48. The van der Waals surface area contributed by atoms with Gasteiger partial charge in [-0.05, 0) is 66.6 Å². The van der Waals surface area contributed by atoms with Crippen molar-refractivity contribution in [3.8, 4) is 17.2 Å². The van der Waals surface area contributed by atoms with Gasteiger partial charge in [0.1, 0.15) is 5.75 Å². The van der Waals surface area contributed by atoms with Gasteiger partial charge in [0.25, 0.3) is 5.91 Å². The molecule has 1 N–H and O–H groups in total. The maximum Gasteiger partial charge on any atom is 0.324 e. The highest BCUT2D eigenvalue weighted by atomic mass is 16.5. The fourth-order valence-electron chi connectivity index (χ4n) is 4.06. The molecule has 8 nitrogen and oxygen atoms in total. The maximum atomic E-state index is 13.2. The van der Waals surface area contributed by atoms with E-state index < -0.39 is 0 Å². The Morgan fingerprint density at radius 2 is 1.66 bits per heavy atom. The van der Waals surface area contributed by atoms with Gasteiger partial charge in [-0.2, -0.15) is 0 Å². The zero-order chi connectivity index (χ0) is 24.8. The van der Waals surface area contributed by atoms with E-state index in [9.17, 15) is 9.59 Å². The van der Waals surface area contributed by atoms with Crippen LogP contribution in [0.3, 0.4) is 0 Å². The summed E-state index contributed by atoms with van der Waals surface area (Å²) in [5.74, 6) is 1.55. The third-order valence-corrected chi connectivity index (χ3v) is 5.90. The van der Waals surface area contributed by atoms with Gasteiger partial charge in [-0.15, -0.1) is 0 Å². The second-order valence-electron chi connectivity index (χ2n) is 8.13. The van der Waals surface area contributed by atoms with Gasteiger partial charge < -0.3 is 24.4 Å². The number of rotatable bonds is 8. The van der Waals surface area contributed by atoms with Gasteiger partial charge in [-0.1, -0.05) is 12.1 Å². The summed E-state index contributed by atoms with van der Waals surface area (Å²) in [5.41, 5.74) is 2.89. The van der Waals surface area contributed by atoms with Crippen LogP contribution in [0.4, 0.5) is 16.2 Å². The topological polar surface area (TPSA) is 80.3 Å². The minimum atomic E-state index is -0.266. The van der Waals surface area contributed by atoms with Crippen molar-refractivity contribution in [1.29, 1.82) is 0 Å². The number of nitrogens with zero attached hydrogens (tertiary/aromatic N) is 2. The van der Waals surface area contributed by atoms with Crippen LogP contribution in [-0.2, 0) is 6.54 Å². The zero-order valence-corrected chi connectivity index (χ0v) is 20.1. The highest BCUT2D eigenvalue weighted by Gasteiger charge is 2.27. The standard InChI is InChI=1S/C27H29N3O5/c1-33-23-7-4-6-19(16-23)18-29-14-5-15-30(27(29)32)22-11-9-21(10-12-22)28-26(31)20-8-13-24(34-2)25(17-20)35-3/h4,6-13,16-17H,5,14-15,18H2,1-3H3,(H,28,31). The van der Waals surface area contributed by atoms with Crippen LogP contribution < -0.4 is 24.4 Å². The van der Waals surface area contributed by atoms with Crippen LogP contribution in [0.2, 0.25) is 0 Å². The van der Waals surface area contributed by atoms with Crippen LogP contribution in [0.5, 0.6) is 17.2 Å². The molecule has 0 atom stereocenters. The number of methoxy groups -OCH3 is 3. The van der Waals surface area contributed by atoms with E-state index in [1.165, 1.54) is 7.11 Å². The van der Waals surface area contributed by atoms with Gasteiger partial charge in [0.2, 0.25) is 0 Å². The predicted octanol–water partition coefficient (Wildman–Crippen LogP) is 4.80. The summed E-state index contributed by atoms with van der Waals surface area (Å²) < 4.78 is 15.8. The average Bonchev–Trinajstić information content (AvgIpc) is 2.90. The Morgan fingerprint density at radius 1 is 0.886 bits per heavy atom. The van der Waals surface area contributed by atoms with E-state index in [2.05, 4.69) is 5.32 Å². The molecule has 182 valence electrons. The summed E-state index contributed by atoms with van der Waals surface area (Å²) in [6.45, 7) is 1.86. The Hall–Kier alpha value is -4.20. The molecule has 1 saturated heterocycles. The van der Waals surface area contributed by atoms with Crippen molar-refractivity contribution < 1.29 is 23.8 Å². The molecular formula is C27H29N3O5. The Kier molecular flexibility index (Phi) is 7.40. The maximum absolute atomic E-state index is 13.2. The molecule has 4 rings (SSSR count). The molecule has 0 radical (unpaired) electrons. The molecule has 8 heteroatoms. The van der Waals surface area contributed by atoms with Crippen LogP contribution in [-0.4, -0.2) is 51.3 Å². The van der Waals surface area contributed by atoms with Crippen molar-refractivity contribution in [2.45, 2.75) is 13.0 Å². The summed E-state index contributed by atoms with van der Waals surface area (Å²) in [6, 6.07) is 20.0. The van der Waals surface area contributed by atoms with Crippen LogP contribution in [0.1, 0.15) is 22.3 Å². The van der Waals surface area contributed by atoms with E-state index in [1.54, 1.807) is 49.5 Å². The number of anilines is 2. The molecule has 0 saturated carbocycles. The molecule has 3 amide bonds. The Labute approximate surface area is 205 Å². The van der Waals surface area contributed by atoms with Gasteiger partial charge in [0.15, 0.2) is 11.5 Å². The number of carbonyl (C=O) groups excluding carboxylic acids is 2. The normalized spacial score (nSPS) is 13.4. The molecule has 3 aromatic carbocycles. The summed E-state index contributed by atoms with van der Waals surface area (Å²) in [6.07, 6.45) is 0.869. The monoisotopic (exact) mass is 475 g/mol. The zero-order valence-electron chi connectivity index (χ0n) is 20.1. The highest BCUT2D eigenvalue weighted by Crippen LogP contribution is 2.28. The second kappa shape index (κ2) is 10.8. The summed E-state index contributed by atoms with van der Waals surface area (Å²) >= 11 is 0. The van der Waals surface area contributed by atoms with Crippen LogP contribution in [0, 0.1) is 0 Å². The Morgan fingerprint density at radius 3 is 2.37 bits per heavy atom. The average molecular weight is 476 g/mol. The Bertz CT molecular complexity index is 1200. The quantitative estimate of drug-likeness (QED) is 0.506. The van der Waals surface area contributed by atoms with E-state index in [1.807, 2.05) is 41.3 Å². The lowest BCUT2D eigenvalue weighted by atomic mass is 10.1. The summed E-state index contributed by atoms with van der Waals surface area (Å²) in [7, 11) is 4.70. The van der Waals surface area contributed by atoms with E-state index >= 15 is 0 Å². The number of hydrogen-bond acceptors (Lipinski definition) is 5. The molecule has 0 aromatic heterocycles. The van der Waals surface area contributed by atoms with Gasteiger partial charge in [-0.3, -0.25) is 9.69 Å². The molecular weight excluding hydrogens is 446 g/mol. The fourth-order valence-corrected chi connectivity index (χ4v) is 4.06. The van der Waals surface area contributed by atoms with Crippen molar-refractivity contribution in [3.63, 3.8) is 0 Å². The first-order chi connectivity index (χ1) is 17.0. The third-order valence-electron chi connectivity index (χ3n) is 5.90.